The van der Waals surface area contributed by atoms with Gasteiger partial charge in [0, 0.05) is 32.2 Å². The standard InChI is InChI=1S/C33H37N3O6/c1-36(20-23-9-3-2-4-10-23)21-29(31(39)35-33(19-30(37)38)15-17-41-18-16-33)34-32(40)42-22-28-26-13-7-5-11-24(26)25-12-6-8-14-27(25)28/h2-14,28-29H,15-22H2,1H3,(H,34,40)(H,35,39)(H,37,38). The van der Waals surface area contributed by atoms with Crippen molar-refractivity contribution >= 4 is 18.0 Å². The van der Waals surface area contributed by atoms with Crippen molar-refractivity contribution < 1.29 is 29.0 Å². The van der Waals surface area contributed by atoms with Gasteiger partial charge in [0.05, 0.1) is 12.0 Å². The molecule has 9 nitrogen and oxygen atoms in total. The van der Waals surface area contributed by atoms with Crippen molar-refractivity contribution in [2.45, 2.75) is 43.3 Å². The van der Waals surface area contributed by atoms with Gasteiger partial charge in [0.1, 0.15) is 12.6 Å². The van der Waals surface area contributed by atoms with E-state index < -0.39 is 29.6 Å². The Morgan fingerprint density at radius 1 is 0.952 bits per heavy atom. The van der Waals surface area contributed by atoms with E-state index in [9.17, 15) is 19.5 Å². The number of rotatable bonds is 11. The van der Waals surface area contributed by atoms with Gasteiger partial charge >= 0.3 is 12.1 Å². The molecule has 1 fully saturated rings. The zero-order valence-electron chi connectivity index (χ0n) is 23.8. The summed E-state index contributed by atoms with van der Waals surface area (Å²) in [6.45, 7) is 1.59. The molecule has 1 heterocycles. The highest BCUT2D eigenvalue weighted by Gasteiger charge is 2.39. The van der Waals surface area contributed by atoms with Gasteiger partial charge in [0.2, 0.25) is 5.91 Å². The lowest BCUT2D eigenvalue weighted by molar-refractivity contribution is -0.140. The van der Waals surface area contributed by atoms with E-state index in [4.69, 9.17) is 9.47 Å². The van der Waals surface area contributed by atoms with E-state index in [1.54, 1.807) is 0 Å². The minimum Gasteiger partial charge on any atom is -0.481 e. The predicted molar refractivity (Wildman–Crippen MR) is 158 cm³/mol. The number of hydrogen-bond donors (Lipinski definition) is 3. The molecule has 0 spiro atoms. The SMILES string of the molecule is CN(Cc1ccccc1)CC(NC(=O)OCC1c2ccccc2-c2ccccc21)C(=O)NC1(CC(=O)O)CCOCC1. The van der Waals surface area contributed by atoms with Crippen molar-refractivity contribution in [3.05, 3.63) is 95.6 Å². The van der Waals surface area contributed by atoms with Crippen LogP contribution >= 0.6 is 0 Å². The quantitative estimate of drug-likeness (QED) is 0.316. The minimum absolute atomic E-state index is 0.114. The third kappa shape index (κ3) is 6.98. The number of carbonyl (C=O) groups excluding carboxylic acids is 2. The molecule has 2 aliphatic rings. The zero-order valence-corrected chi connectivity index (χ0v) is 23.8. The Bertz CT molecular complexity index is 1360. The summed E-state index contributed by atoms with van der Waals surface area (Å²) >= 11 is 0. The molecule has 1 aliphatic carbocycles. The lowest BCUT2D eigenvalue weighted by Crippen LogP contribution is -2.60. The number of carboxylic acid groups (broad SMARTS) is 1. The molecule has 3 aromatic carbocycles. The molecule has 220 valence electrons. The van der Waals surface area contributed by atoms with Crippen LogP contribution in [0.3, 0.4) is 0 Å². The second kappa shape index (κ2) is 13.2. The van der Waals surface area contributed by atoms with Crippen LogP contribution in [-0.4, -0.2) is 73.0 Å². The van der Waals surface area contributed by atoms with Gasteiger partial charge < -0.3 is 25.2 Å². The summed E-state index contributed by atoms with van der Waals surface area (Å²) in [5, 5.41) is 15.3. The number of likely N-dealkylation sites (N-methyl/N-ethyl adjacent to an activating group) is 1. The summed E-state index contributed by atoms with van der Waals surface area (Å²) in [5.41, 5.74) is 4.56. The van der Waals surface area contributed by atoms with Crippen LogP contribution in [0.25, 0.3) is 11.1 Å². The van der Waals surface area contributed by atoms with E-state index in [1.807, 2.05) is 78.7 Å². The summed E-state index contributed by atoms with van der Waals surface area (Å²) in [4.78, 5) is 40.5. The van der Waals surface area contributed by atoms with Crippen LogP contribution in [0.15, 0.2) is 78.9 Å². The molecule has 42 heavy (non-hydrogen) atoms. The van der Waals surface area contributed by atoms with Crippen LogP contribution in [0.2, 0.25) is 0 Å². The Balaban J connectivity index is 1.29. The highest BCUT2D eigenvalue weighted by molar-refractivity contribution is 5.87. The van der Waals surface area contributed by atoms with Gasteiger partial charge in [-0.05, 0) is 47.7 Å². The fourth-order valence-electron chi connectivity index (χ4n) is 5.99. The van der Waals surface area contributed by atoms with Gasteiger partial charge in [-0.1, -0.05) is 78.9 Å². The average Bonchev–Trinajstić information content (AvgIpc) is 3.30. The van der Waals surface area contributed by atoms with E-state index in [0.29, 0.717) is 32.6 Å². The van der Waals surface area contributed by atoms with E-state index in [2.05, 4.69) is 22.8 Å². The molecule has 1 unspecified atom stereocenters. The molecule has 0 aromatic heterocycles. The number of carbonyl (C=O) groups is 3. The number of carboxylic acids is 1. The number of amides is 2. The van der Waals surface area contributed by atoms with Crippen molar-refractivity contribution in [2.75, 3.05) is 33.4 Å². The normalized spacial score (nSPS) is 16.2. The highest BCUT2D eigenvalue weighted by Crippen LogP contribution is 2.44. The number of nitrogens with one attached hydrogen (secondary N) is 2. The largest absolute Gasteiger partial charge is 0.481 e. The van der Waals surface area contributed by atoms with Crippen LogP contribution in [0.4, 0.5) is 4.79 Å². The maximum Gasteiger partial charge on any atom is 0.407 e. The van der Waals surface area contributed by atoms with Crippen LogP contribution < -0.4 is 10.6 Å². The van der Waals surface area contributed by atoms with Crippen molar-refractivity contribution in [1.82, 2.24) is 15.5 Å². The Labute approximate surface area is 245 Å². The first-order valence-electron chi connectivity index (χ1n) is 14.3. The number of hydrogen-bond acceptors (Lipinski definition) is 6. The third-order valence-corrected chi connectivity index (χ3v) is 8.07. The Kier molecular flexibility index (Phi) is 9.19. The Hall–Kier alpha value is -4.21. The van der Waals surface area contributed by atoms with E-state index in [1.165, 1.54) is 0 Å². The van der Waals surface area contributed by atoms with Gasteiger partial charge in [0.25, 0.3) is 0 Å². The first-order valence-corrected chi connectivity index (χ1v) is 14.3. The Morgan fingerprint density at radius 3 is 2.17 bits per heavy atom. The zero-order chi connectivity index (χ0) is 29.5. The Morgan fingerprint density at radius 2 is 1.55 bits per heavy atom. The molecule has 5 rings (SSSR count). The van der Waals surface area contributed by atoms with Crippen LogP contribution in [0.1, 0.15) is 41.9 Å². The lowest BCUT2D eigenvalue weighted by atomic mass is 9.86. The smallest absolute Gasteiger partial charge is 0.407 e. The summed E-state index contributed by atoms with van der Waals surface area (Å²) in [5.74, 6) is -1.57. The van der Waals surface area contributed by atoms with Gasteiger partial charge in [0.15, 0.2) is 0 Å². The monoisotopic (exact) mass is 571 g/mol. The molecule has 0 bridgehead atoms. The maximum absolute atomic E-state index is 13.7. The number of aliphatic carboxylic acids is 1. The lowest BCUT2D eigenvalue weighted by Gasteiger charge is -2.38. The molecule has 3 aromatic rings. The summed E-state index contributed by atoms with van der Waals surface area (Å²) in [7, 11) is 1.87. The number of fused-ring (bicyclic) bond motifs is 3. The number of alkyl carbamates (subject to hydrolysis) is 1. The van der Waals surface area contributed by atoms with E-state index in [-0.39, 0.29) is 25.5 Å². The van der Waals surface area contributed by atoms with Crippen molar-refractivity contribution in [3.63, 3.8) is 0 Å². The van der Waals surface area contributed by atoms with Crippen LogP contribution in [0.5, 0.6) is 0 Å². The second-order valence-electron chi connectivity index (χ2n) is 11.2. The first kappa shape index (κ1) is 29.3. The summed E-state index contributed by atoms with van der Waals surface area (Å²) in [6, 6.07) is 25.0. The highest BCUT2D eigenvalue weighted by atomic mass is 16.5. The molecule has 3 N–H and O–H groups in total. The number of ether oxygens (including phenoxy) is 2. The van der Waals surface area contributed by atoms with Gasteiger partial charge in [-0.15, -0.1) is 0 Å². The first-order chi connectivity index (χ1) is 20.3. The predicted octanol–water partition coefficient (Wildman–Crippen LogP) is 4.17. The average molecular weight is 572 g/mol. The fraction of sp³-hybridized carbons (Fsp3) is 0.364. The van der Waals surface area contributed by atoms with Gasteiger partial charge in [-0.2, -0.15) is 0 Å². The molecule has 2 amide bonds. The maximum atomic E-state index is 13.7. The third-order valence-electron chi connectivity index (χ3n) is 8.07. The van der Waals surface area contributed by atoms with Gasteiger partial charge in [-0.3, -0.25) is 14.5 Å². The molecule has 9 heteroatoms. The second-order valence-corrected chi connectivity index (χ2v) is 11.2. The van der Waals surface area contributed by atoms with Crippen molar-refractivity contribution in [2.24, 2.45) is 0 Å². The molecule has 1 aliphatic heterocycles. The van der Waals surface area contributed by atoms with Crippen LogP contribution in [-0.2, 0) is 25.6 Å². The topological polar surface area (TPSA) is 117 Å². The summed E-state index contributed by atoms with van der Waals surface area (Å²) in [6.07, 6.45) is -0.172. The molecule has 1 atom stereocenters. The van der Waals surface area contributed by atoms with Gasteiger partial charge in [-0.25, -0.2) is 4.79 Å². The fourth-order valence-corrected chi connectivity index (χ4v) is 5.99. The molecular formula is C33H37N3O6. The van der Waals surface area contributed by atoms with E-state index in [0.717, 1.165) is 27.8 Å². The molecule has 0 radical (unpaired) electrons. The molecule has 1 saturated heterocycles. The molecular weight excluding hydrogens is 534 g/mol. The number of nitrogens with zero attached hydrogens (tertiary/aromatic N) is 1. The number of benzene rings is 3. The van der Waals surface area contributed by atoms with Crippen molar-refractivity contribution in [3.8, 4) is 11.1 Å². The van der Waals surface area contributed by atoms with E-state index >= 15 is 0 Å². The molecule has 0 saturated carbocycles. The minimum atomic E-state index is -1.00. The van der Waals surface area contributed by atoms with Crippen molar-refractivity contribution in [1.29, 1.82) is 0 Å². The summed E-state index contributed by atoms with van der Waals surface area (Å²) < 4.78 is 11.2. The van der Waals surface area contributed by atoms with Crippen LogP contribution in [0, 0.1) is 0 Å².